The second-order valence-corrected chi connectivity index (χ2v) is 7.54. The molecule has 0 aromatic heterocycles. The summed E-state index contributed by atoms with van der Waals surface area (Å²) in [5.41, 5.74) is 0.889. The van der Waals surface area contributed by atoms with Crippen LogP contribution in [0, 0.1) is 11.8 Å². The van der Waals surface area contributed by atoms with Gasteiger partial charge in [-0.05, 0) is 30.5 Å². The molecule has 3 rings (SSSR count). The summed E-state index contributed by atoms with van der Waals surface area (Å²) in [6.45, 7) is 3.11. The molecule has 0 saturated carbocycles. The number of nitrogens with one attached hydrogen (secondary N) is 1. The minimum atomic E-state index is -4.39. The Morgan fingerprint density at radius 3 is 2.54 bits per heavy atom. The number of hydrogen-bond donors (Lipinski definition) is 1. The molecule has 0 spiro atoms. The lowest BCUT2D eigenvalue weighted by Gasteiger charge is -2.35. The number of hydrogen-bond acceptors (Lipinski definition) is 5. The highest BCUT2D eigenvalue weighted by Gasteiger charge is 2.36. The maximum atomic E-state index is 13.3. The van der Waals surface area contributed by atoms with E-state index in [0.717, 1.165) is 12.1 Å². The van der Waals surface area contributed by atoms with E-state index in [1.807, 2.05) is 4.90 Å². The van der Waals surface area contributed by atoms with Gasteiger partial charge in [-0.25, -0.2) is 0 Å². The molecule has 1 aromatic carbocycles. The molecule has 0 aliphatic carbocycles. The molecule has 1 N–H and O–H groups in total. The summed E-state index contributed by atoms with van der Waals surface area (Å²) >= 11 is 0. The van der Waals surface area contributed by atoms with Gasteiger partial charge >= 0.3 is 12.1 Å². The number of carbonyl (C=O) groups is 1. The zero-order valence-corrected chi connectivity index (χ0v) is 16.2. The zero-order valence-electron chi connectivity index (χ0n) is 16.2. The van der Waals surface area contributed by atoms with E-state index in [1.54, 1.807) is 13.2 Å². The molecule has 2 atom stereocenters. The van der Waals surface area contributed by atoms with Crippen molar-refractivity contribution in [1.29, 1.82) is 0 Å². The third-order valence-corrected chi connectivity index (χ3v) is 5.85. The van der Waals surface area contributed by atoms with Crippen molar-refractivity contribution < 1.29 is 27.4 Å². The van der Waals surface area contributed by atoms with Crippen LogP contribution < -0.4 is 10.2 Å². The van der Waals surface area contributed by atoms with Gasteiger partial charge in [0, 0.05) is 50.8 Å². The average molecular weight is 400 g/mol. The largest absolute Gasteiger partial charge is 0.469 e. The molecule has 28 heavy (non-hydrogen) atoms. The molecule has 1 aromatic rings. The SMILES string of the molecule is COCC1CNCC1c1ccc(C(F)(F)F)cc1N1CCC(C(=O)OC)CC1. The van der Waals surface area contributed by atoms with Gasteiger partial charge in [-0.2, -0.15) is 13.2 Å². The molecule has 2 heterocycles. The lowest BCUT2D eigenvalue weighted by Crippen LogP contribution is -2.37. The molecule has 5 nitrogen and oxygen atoms in total. The van der Waals surface area contributed by atoms with Gasteiger partial charge in [-0.1, -0.05) is 6.07 Å². The maximum absolute atomic E-state index is 13.3. The molecular weight excluding hydrogens is 373 g/mol. The van der Waals surface area contributed by atoms with Crippen LogP contribution in [-0.2, 0) is 20.4 Å². The number of methoxy groups -OCH3 is 2. The van der Waals surface area contributed by atoms with Crippen LogP contribution in [0.5, 0.6) is 0 Å². The third kappa shape index (κ3) is 4.43. The fraction of sp³-hybridized carbons (Fsp3) is 0.650. The van der Waals surface area contributed by atoms with Gasteiger partial charge in [-0.15, -0.1) is 0 Å². The average Bonchev–Trinajstić information content (AvgIpc) is 3.14. The summed E-state index contributed by atoms with van der Waals surface area (Å²) in [6.07, 6.45) is -3.24. The molecule has 2 unspecified atom stereocenters. The molecule has 2 saturated heterocycles. The summed E-state index contributed by atoms with van der Waals surface area (Å²) in [6, 6.07) is 4.04. The first kappa shape index (κ1) is 20.9. The fourth-order valence-electron chi connectivity index (χ4n) is 4.32. The Hall–Kier alpha value is -1.80. The third-order valence-electron chi connectivity index (χ3n) is 5.85. The highest BCUT2D eigenvalue weighted by atomic mass is 19.4. The number of esters is 1. The van der Waals surface area contributed by atoms with Gasteiger partial charge in [0.05, 0.1) is 25.2 Å². The lowest BCUT2D eigenvalue weighted by atomic mass is 9.86. The standard InChI is InChI=1S/C20H27F3N2O3/c1-27-12-14-10-24-11-17(14)16-4-3-15(20(21,22)23)9-18(16)25-7-5-13(6-8-25)19(26)28-2/h3-4,9,13-14,17,24H,5-8,10-12H2,1-2H3. The van der Waals surface area contributed by atoms with Crippen molar-refractivity contribution in [2.24, 2.45) is 11.8 Å². The maximum Gasteiger partial charge on any atom is 0.416 e. The summed E-state index contributed by atoms with van der Waals surface area (Å²) in [4.78, 5) is 13.8. The Labute approximate surface area is 163 Å². The van der Waals surface area contributed by atoms with Crippen LogP contribution in [0.15, 0.2) is 18.2 Å². The number of halogens is 3. The van der Waals surface area contributed by atoms with E-state index in [1.165, 1.54) is 19.2 Å². The van der Waals surface area contributed by atoms with Gasteiger partial charge in [0.1, 0.15) is 0 Å². The molecule has 0 bridgehead atoms. The molecule has 8 heteroatoms. The molecular formula is C20H27F3N2O3. The minimum Gasteiger partial charge on any atom is -0.469 e. The van der Waals surface area contributed by atoms with Crippen molar-refractivity contribution >= 4 is 11.7 Å². The number of ether oxygens (including phenoxy) is 2. The molecule has 2 aliphatic rings. The second-order valence-electron chi connectivity index (χ2n) is 7.54. The van der Waals surface area contributed by atoms with Crippen molar-refractivity contribution in [2.75, 3.05) is 51.9 Å². The van der Waals surface area contributed by atoms with Crippen molar-refractivity contribution in [3.8, 4) is 0 Å². The number of anilines is 1. The van der Waals surface area contributed by atoms with E-state index < -0.39 is 11.7 Å². The number of carbonyl (C=O) groups excluding carboxylic acids is 1. The van der Waals surface area contributed by atoms with Crippen LogP contribution in [-0.4, -0.2) is 53.0 Å². The monoisotopic (exact) mass is 400 g/mol. The highest BCUT2D eigenvalue weighted by molar-refractivity contribution is 5.73. The second kappa shape index (κ2) is 8.69. The topological polar surface area (TPSA) is 50.8 Å². The number of rotatable bonds is 5. The first-order chi connectivity index (χ1) is 13.3. The molecule has 0 amide bonds. The van der Waals surface area contributed by atoms with Gasteiger partial charge in [0.2, 0.25) is 0 Å². The normalized spacial score (nSPS) is 23.8. The summed E-state index contributed by atoms with van der Waals surface area (Å²) in [5, 5.41) is 3.33. The first-order valence-electron chi connectivity index (χ1n) is 9.58. The van der Waals surface area contributed by atoms with Gasteiger partial charge in [0.25, 0.3) is 0 Å². The number of piperidine rings is 1. The molecule has 2 aliphatic heterocycles. The number of nitrogens with zero attached hydrogens (tertiary/aromatic N) is 1. The van der Waals surface area contributed by atoms with E-state index >= 15 is 0 Å². The summed E-state index contributed by atoms with van der Waals surface area (Å²) in [7, 11) is 3.00. The van der Waals surface area contributed by atoms with Crippen molar-refractivity contribution in [3.05, 3.63) is 29.3 Å². The Balaban J connectivity index is 1.90. The van der Waals surface area contributed by atoms with Crippen molar-refractivity contribution in [2.45, 2.75) is 24.9 Å². The summed E-state index contributed by atoms with van der Waals surface area (Å²) in [5.74, 6) is -0.127. The first-order valence-corrected chi connectivity index (χ1v) is 9.58. The summed E-state index contributed by atoms with van der Waals surface area (Å²) < 4.78 is 50.1. The molecule has 0 radical (unpaired) electrons. The Morgan fingerprint density at radius 1 is 1.21 bits per heavy atom. The van der Waals surface area contributed by atoms with Crippen molar-refractivity contribution in [3.63, 3.8) is 0 Å². The fourth-order valence-corrected chi connectivity index (χ4v) is 4.32. The predicted octanol–water partition coefficient (Wildman–Crippen LogP) is 3.04. The quantitative estimate of drug-likeness (QED) is 0.770. The van der Waals surface area contributed by atoms with Crippen LogP contribution in [0.2, 0.25) is 0 Å². The van der Waals surface area contributed by atoms with Gasteiger partial charge in [0.15, 0.2) is 0 Å². The molecule has 156 valence electrons. The van der Waals surface area contributed by atoms with E-state index in [0.29, 0.717) is 44.8 Å². The van der Waals surface area contributed by atoms with Crippen LogP contribution in [0.1, 0.15) is 29.9 Å². The van der Waals surface area contributed by atoms with E-state index in [9.17, 15) is 18.0 Å². The Kier molecular flexibility index (Phi) is 6.50. The Bertz CT molecular complexity index is 688. The lowest BCUT2D eigenvalue weighted by molar-refractivity contribution is -0.146. The molecule has 2 fully saturated rings. The van der Waals surface area contributed by atoms with Gasteiger partial charge in [-0.3, -0.25) is 4.79 Å². The van der Waals surface area contributed by atoms with Crippen LogP contribution in [0.3, 0.4) is 0 Å². The zero-order chi connectivity index (χ0) is 20.3. The Morgan fingerprint density at radius 2 is 1.93 bits per heavy atom. The van der Waals surface area contributed by atoms with Crippen LogP contribution >= 0.6 is 0 Å². The minimum absolute atomic E-state index is 0.0931. The van der Waals surface area contributed by atoms with Crippen LogP contribution in [0.4, 0.5) is 18.9 Å². The predicted molar refractivity (Wildman–Crippen MR) is 99.4 cm³/mol. The van der Waals surface area contributed by atoms with Crippen molar-refractivity contribution in [1.82, 2.24) is 5.32 Å². The van der Waals surface area contributed by atoms with E-state index in [-0.39, 0.29) is 23.7 Å². The number of benzene rings is 1. The van der Waals surface area contributed by atoms with E-state index in [4.69, 9.17) is 9.47 Å². The number of alkyl halides is 3. The van der Waals surface area contributed by atoms with E-state index in [2.05, 4.69) is 5.32 Å². The van der Waals surface area contributed by atoms with Gasteiger partial charge < -0.3 is 19.7 Å². The van der Waals surface area contributed by atoms with Crippen LogP contribution in [0.25, 0.3) is 0 Å². The highest BCUT2D eigenvalue weighted by Crippen LogP contribution is 2.40. The smallest absolute Gasteiger partial charge is 0.416 e.